The highest BCUT2D eigenvalue weighted by Gasteiger charge is 2.26. The van der Waals surface area contributed by atoms with E-state index < -0.39 is 6.10 Å². The molecule has 0 aromatic heterocycles. The number of nitrogens with one attached hydrogen (secondary N) is 1. The Morgan fingerprint density at radius 3 is 2.83 bits per heavy atom. The van der Waals surface area contributed by atoms with Crippen molar-refractivity contribution in [2.45, 2.75) is 38.5 Å². The monoisotopic (exact) mass is 320 g/mol. The molecular formula is C17H24N2O4. The molecule has 6 nitrogen and oxygen atoms in total. The van der Waals surface area contributed by atoms with E-state index in [0.717, 1.165) is 24.0 Å². The maximum Gasteiger partial charge on any atom is 0.251 e. The van der Waals surface area contributed by atoms with Crippen LogP contribution in [0.1, 0.15) is 30.4 Å². The van der Waals surface area contributed by atoms with Crippen molar-refractivity contribution in [1.29, 1.82) is 0 Å². The van der Waals surface area contributed by atoms with Gasteiger partial charge in [-0.05, 0) is 30.4 Å². The number of aliphatic hydroxyl groups excluding tert-OH is 1. The SMILES string of the molecule is COCc1ccccc1CNC(=O)CN1CCCCC(O)C1=O. The molecule has 0 bridgehead atoms. The quantitative estimate of drug-likeness (QED) is 0.813. The predicted octanol–water partition coefficient (Wildman–Crippen LogP) is 0.823. The number of amides is 2. The maximum atomic E-state index is 12.1. The first-order valence-electron chi connectivity index (χ1n) is 7.91. The number of likely N-dealkylation sites (tertiary alicyclic amines) is 1. The average molecular weight is 320 g/mol. The lowest BCUT2D eigenvalue weighted by molar-refractivity contribution is -0.142. The summed E-state index contributed by atoms with van der Waals surface area (Å²) in [5.74, 6) is -0.572. The zero-order valence-electron chi connectivity index (χ0n) is 13.5. The molecule has 2 rings (SSSR count). The lowest BCUT2D eigenvalue weighted by Crippen LogP contribution is -2.44. The summed E-state index contributed by atoms with van der Waals surface area (Å²) in [5, 5.41) is 12.5. The second-order valence-electron chi connectivity index (χ2n) is 5.75. The van der Waals surface area contributed by atoms with Crippen molar-refractivity contribution in [3.8, 4) is 0 Å². The van der Waals surface area contributed by atoms with Crippen molar-refractivity contribution in [3.63, 3.8) is 0 Å². The molecule has 1 unspecified atom stereocenters. The van der Waals surface area contributed by atoms with Gasteiger partial charge >= 0.3 is 0 Å². The Morgan fingerprint density at radius 2 is 2.09 bits per heavy atom. The Kier molecular flexibility index (Phi) is 6.55. The van der Waals surface area contributed by atoms with Gasteiger partial charge in [0.15, 0.2) is 0 Å². The Morgan fingerprint density at radius 1 is 1.35 bits per heavy atom. The third kappa shape index (κ3) is 5.04. The summed E-state index contributed by atoms with van der Waals surface area (Å²) >= 11 is 0. The minimum absolute atomic E-state index is 0.0116. The zero-order chi connectivity index (χ0) is 16.7. The summed E-state index contributed by atoms with van der Waals surface area (Å²) < 4.78 is 5.14. The lowest BCUT2D eigenvalue weighted by Gasteiger charge is -2.21. The zero-order valence-corrected chi connectivity index (χ0v) is 13.5. The summed E-state index contributed by atoms with van der Waals surface area (Å²) in [6, 6.07) is 7.74. The van der Waals surface area contributed by atoms with Crippen LogP contribution in [0.15, 0.2) is 24.3 Å². The first-order chi connectivity index (χ1) is 11.1. The van der Waals surface area contributed by atoms with E-state index in [-0.39, 0.29) is 18.4 Å². The second-order valence-corrected chi connectivity index (χ2v) is 5.75. The van der Waals surface area contributed by atoms with Crippen LogP contribution < -0.4 is 5.32 Å². The van der Waals surface area contributed by atoms with Gasteiger partial charge in [-0.1, -0.05) is 24.3 Å². The van der Waals surface area contributed by atoms with Crippen LogP contribution in [0.5, 0.6) is 0 Å². The fourth-order valence-corrected chi connectivity index (χ4v) is 2.69. The molecule has 1 fully saturated rings. The standard InChI is InChI=1S/C17H24N2O4/c1-23-12-14-7-3-2-6-13(14)10-18-16(21)11-19-9-5-4-8-15(20)17(19)22/h2-3,6-7,15,20H,4-5,8-12H2,1H3,(H,18,21). The smallest absolute Gasteiger partial charge is 0.251 e. The van der Waals surface area contributed by atoms with E-state index in [0.29, 0.717) is 26.1 Å². The molecule has 1 aliphatic rings. The molecule has 2 N–H and O–H groups in total. The van der Waals surface area contributed by atoms with Crippen LogP contribution in [-0.2, 0) is 27.5 Å². The van der Waals surface area contributed by atoms with Crippen LogP contribution in [0, 0.1) is 0 Å². The van der Waals surface area contributed by atoms with Crippen LogP contribution in [0.2, 0.25) is 0 Å². The van der Waals surface area contributed by atoms with Gasteiger partial charge in [-0.2, -0.15) is 0 Å². The molecule has 1 saturated heterocycles. The van der Waals surface area contributed by atoms with E-state index >= 15 is 0 Å². The summed E-state index contributed by atoms with van der Waals surface area (Å²) in [4.78, 5) is 25.5. The number of rotatable bonds is 6. The van der Waals surface area contributed by atoms with E-state index in [1.807, 2.05) is 24.3 Å². The number of benzene rings is 1. The summed E-state index contributed by atoms with van der Waals surface area (Å²) in [6.07, 6.45) is 1.11. The van der Waals surface area contributed by atoms with Gasteiger partial charge in [0.05, 0.1) is 13.2 Å². The molecule has 0 radical (unpaired) electrons. The van der Waals surface area contributed by atoms with Gasteiger partial charge in [0.1, 0.15) is 6.10 Å². The number of nitrogens with zero attached hydrogens (tertiary/aromatic N) is 1. The van der Waals surface area contributed by atoms with Crippen LogP contribution in [-0.4, -0.2) is 48.1 Å². The molecule has 0 saturated carbocycles. The lowest BCUT2D eigenvalue weighted by atomic mass is 10.1. The van der Waals surface area contributed by atoms with Crippen LogP contribution in [0.25, 0.3) is 0 Å². The highest BCUT2D eigenvalue weighted by atomic mass is 16.5. The first-order valence-corrected chi connectivity index (χ1v) is 7.91. The third-order valence-corrected chi connectivity index (χ3v) is 3.98. The van der Waals surface area contributed by atoms with Crippen LogP contribution >= 0.6 is 0 Å². The number of aliphatic hydroxyl groups is 1. The molecule has 1 heterocycles. The van der Waals surface area contributed by atoms with Crippen LogP contribution in [0.4, 0.5) is 0 Å². The van der Waals surface area contributed by atoms with Crippen LogP contribution in [0.3, 0.4) is 0 Å². The van der Waals surface area contributed by atoms with E-state index in [1.54, 1.807) is 7.11 Å². The topological polar surface area (TPSA) is 78.9 Å². The summed E-state index contributed by atoms with van der Waals surface area (Å²) in [6.45, 7) is 1.39. The third-order valence-electron chi connectivity index (χ3n) is 3.98. The molecule has 0 spiro atoms. The molecule has 1 aromatic carbocycles. The molecule has 6 heteroatoms. The normalized spacial score (nSPS) is 18.6. The van der Waals surface area contributed by atoms with E-state index in [4.69, 9.17) is 4.74 Å². The number of ether oxygens (including phenoxy) is 1. The van der Waals surface area contributed by atoms with Crippen molar-refractivity contribution in [1.82, 2.24) is 10.2 Å². The molecule has 1 atom stereocenters. The van der Waals surface area contributed by atoms with Gasteiger partial charge in [-0.15, -0.1) is 0 Å². The molecule has 2 amide bonds. The van der Waals surface area contributed by atoms with E-state index in [9.17, 15) is 14.7 Å². The molecule has 1 aromatic rings. The van der Waals surface area contributed by atoms with Crippen molar-refractivity contribution in [3.05, 3.63) is 35.4 Å². The van der Waals surface area contributed by atoms with E-state index in [1.165, 1.54) is 4.90 Å². The van der Waals surface area contributed by atoms with Gasteiger partial charge < -0.3 is 20.1 Å². The second kappa shape index (κ2) is 8.64. The van der Waals surface area contributed by atoms with Gasteiger partial charge in [0, 0.05) is 20.2 Å². The van der Waals surface area contributed by atoms with Crippen molar-refractivity contribution < 1.29 is 19.4 Å². The largest absolute Gasteiger partial charge is 0.383 e. The minimum atomic E-state index is -0.979. The Balaban J connectivity index is 1.88. The van der Waals surface area contributed by atoms with Gasteiger partial charge in [0.2, 0.25) is 5.91 Å². The highest BCUT2D eigenvalue weighted by Crippen LogP contribution is 2.12. The molecule has 23 heavy (non-hydrogen) atoms. The highest BCUT2D eigenvalue weighted by molar-refractivity contribution is 5.87. The van der Waals surface area contributed by atoms with Gasteiger partial charge in [0.25, 0.3) is 5.91 Å². The van der Waals surface area contributed by atoms with Crippen molar-refractivity contribution >= 4 is 11.8 Å². The van der Waals surface area contributed by atoms with Crippen molar-refractivity contribution in [2.24, 2.45) is 0 Å². The number of methoxy groups -OCH3 is 1. The van der Waals surface area contributed by atoms with Crippen molar-refractivity contribution in [2.75, 3.05) is 20.2 Å². The Labute approximate surface area is 136 Å². The fourth-order valence-electron chi connectivity index (χ4n) is 2.69. The molecular weight excluding hydrogens is 296 g/mol. The predicted molar refractivity (Wildman–Crippen MR) is 85.4 cm³/mol. The molecule has 126 valence electrons. The Hall–Kier alpha value is -1.92. The Bertz CT molecular complexity index is 547. The number of hydrogen-bond donors (Lipinski definition) is 2. The first kappa shape index (κ1) is 17.4. The minimum Gasteiger partial charge on any atom is -0.383 e. The van der Waals surface area contributed by atoms with Gasteiger partial charge in [-0.3, -0.25) is 9.59 Å². The summed E-state index contributed by atoms with van der Waals surface area (Å²) in [5.41, 5.74) is 2.02. The van der Waals surface area contributed by atoms with Gasteiger partial charge in [-0.25, -0.2) is 0 Å². The number of hydrogen-bond acceptors (Lipinski definition) is 4. The summed E-state index contributed by atoms with van der Waals surface area (Å²) in [7, 11) is 1.63. The number of carbonyl (C=O) groups excluding carboxylic acids is 2. The average Bonchev–Trinajstić information content (AvgIpc) is 2.70. The fraction of sp³-hybridized carbons (Fsp3) is 0.529. The van der Waals surface area contributed by atoms with E-state index in [2.05, 4.69) is 5.32 Å². The maximum absolute atomic E-state index is 12.1. The molecule has 0 aliphatic carbocycles. The number of carbonyl (C=O) groups is 2. The molecule has 1 aliphatic heterocycles.